The minimum atomic E-state index is 0.154. The van der Waals surface area contributed by atoms with Crippen LogP contribution in [0.15, 0.2) is 4.99 Å². The predicted octanol–water partition coefficient (Wildman–Crippen LogP) is 0.908. The van der Waals surface area contributed by atoms with E-state index in [0.717, 1.165) is 51.5 Å². The average Bonchev–Trinajstić information content (AvgIpc) is 3.11. The number of hydrogen-bond donors (Lipinski definition) is 2. The Hall–Kier alpha value is -1.34. The molecule has 0 aromatic rings. The Balaban J connectivity index is 1.42. The van der Waals surface area contributed by atoms with Crippen molar-refractivity contribution in [3.8, 4) is 0 Å². The number of carbonyl (C=O) groups is 1. The van der Waals surface area contributed by atoms with Crippen LogP contribution in [0.3, 0.4) is 0 Å². The molecule has 1 amide bonds. The van der Waals surface area contributed by atoms with E-state index in [0.29, 0.717) is 30.5 Å². The minimum Gasteiger partial charge on any atom is -0.377 e. The molecule has 3 fully saturated rings. The van der Waals surface area contributed by atoms with Crippen molar-refractivity contribution in [2.24, 2.45) is 16.3 Å². The summed E-state index contributed by atoms with van der Waals surface area (Å²) in [5.74, 6) is 1.73. The van der Waals surface area contributed by atoms with Crippen LogP contribution >= 0.6 is 0 Å². The van der Waals surface area contributed by atoms with Crippen LogP contribution in [0.2, 0.25) is 0 Å². The predicted molar refractivity (Wildman–Crippen MR) is 108 cm³/mol. The number of piperidine rings is 1. The first-order valence-electron chi connectivity index (χ1n) is 10.4. The van der Waals surface area contributed by atoms with Gasteiger partial charge in [0.25, 0.3) is 0 Å². The van der Waals surface area contributed by atoms with Gasteiger partial charge in [0.2, 0.25) is 5.91 Å². The second-order valence-corrected chi connectivity index (χ2v) is 9.06. The molecular formula is C20H37N5O2. The molecule has 27 heavy (non-hydrogen) atoms. The van der Waals surface area contributed by atoms with Crippen LogP contribution in [0.4, 0.5) is 0 Å². The first-order chi connectivity index (χ1) is 12.8. The van der Waals surface area contributed by atoms with Crippen molar-refractivity contribution in [1.82, 2.24) is 20.4 Å². The van der Waals surface area contributed by atoms with Crippen LogP contribution in [0.5, 0.6) is 0 Å². The van der Waals surface area contributed by atoms with Gasteiger partial charge in [0, 0.05) is 77.2 Å². The van der Waals surface area contributed by atoms with Gasteiger partial charge < -0.3 is 25.2 Å². The Kier molecular flexibility index (Phi) is 6.31. The van der Waals surface area contributed by atoms with E-state index in [4.69, 9.17) is 4.74 Å². The molecule has 1 aliphatic carbocycles. The average molecular weight is 380 g/mol. The van der Waals surface area contributed by atoms with Gasteiger partial charge in [-0.2, -0.15) is 0 Å². The maximum Gasteiger partial charge on any atom is 0.223 e. The highest BCUT2D eigenvalue weighted by Crippen LogP contribution is 2.52. The molecule has 2 heterocycles. The number of nitrogens with one attached hydrogen (secondary N) is 2. The van der Waals surface area contributed by atoms with Gasteiger partial charge in [-0.25, -0.2) is 0 Å². The van der Waals surface area contributed by atoms with Gasteiger partial charge >= 0.3 is 0 Å². The van der Waals surface area contributed by atoms with Crippen LogP contribution in [0.1, 0.15) is 39.5 Å². The van der Waals surface area contributed by atoms with E-state index in [1.165, 1.54) is 0 Å². The molecule has 2 aliphatic heterocycles. The third-order valence-electron chi connectivity index (χ3n) is 6.69. The molecule has 1 saturated carbocycles. The lowest BCUT2D eigenvalue weighted by atomic mass is 9.57. The zero-order valence-electron chi connectivity index (χ0n) is 17.6. The Morgan fingerprint density at radius 2 is 1.93 bits per heavy atom. The fourth-order valence-electron chi connectivity index (χ4n) is 4.91. The first-order valence-corrected chi connectivity index (χ1v) is 10.4. The van der Waals surface area contributed by atoms with Gasteiger partial charge in [-0.3, -0.25) is 9.79 Å². The number of fused-ring (bicyclic) bond motifs is 1. The quantitative estimate of drug-likeness (QED) is 0.549. The Bertz CT molecular complexity index is 555. The molecule has 7 nitrogen and oxygen atoms in total. The van der Waals surface area contributed by atoms with Gasteiger partial charge in [0.15, 0.2) is 5.96 Å². The smallest absolute Gasteiger partial charge is 0.223 e. The third kappa shape index (κ3) is 4.40. The van der Waals surface area contributed by atoms with Crippen molar-refractivity contribution in [3.05, 3.63) is 0 Å². The Morgan fingerprint density at radius 3 is 2.56 bits per heavy atom. The molecule has 3 aliphatic rings. The van der Waals surface area contributed by atoms with Crippen LogP contribution in [-0.2, 0) is 9.53 Å². The lowest BCUT2D eigenvalue weighted by molar-refractivity contribution is -0.129. The lowest BCUT2D eigenvalue weighted by Crippen LogP contribution is -2.68. The van der Waals surface area contributed by atoms with Crippen molar-refractivity contribution in [1.29, 1.82) is 0 Å². The third-order valence-corrected chi connectivity index (χ3v) is 6.69. The monoisotopic (exact) mass is 379 g/mol. The number of guanidine groups is 1. The van der Waals surface area contributed by atoms with Gasteiger partial charge in [-0.05, 0) is 19.3 Å². The summed E-state index contributed by atoms with van der Waals surface area (Å²) in [6.07, 6.45) is 4.31. The molecule has 7 heteroatoms. The van der Waals surface area contributed by atoms with E-state index in [1.54, 1.807) is 4.90 Å². The van der Waals surface area contributed by atoms with E-state index in [9.17, 15) is 4.79 Å². The molecule has 0 bridgehead atoms. The van der Waals surface area contributed by atoms with Crippen LogP contribution in [-0.4, -0.2) is 87.2 Å². The highest BCUT2D eigenvalue weighted by Gasteiger charge is 2.59. The maximum absolute atomic E-state index is 11.8. The summed E-state index contributed by atoms with van der Waals surface area (Å²) in [4.78, 5) is 20.3. The molecule has 2 saturated heterocycles. The van der Waals surface area contributed by atoms with Crippen molar-refractivity contribution < 1.29 is 9.53 Å². The summed E-state index contributed by atoms with van der Waals surface area (Å²) in [5, 5.41) is 7.29. The normalized spacial score (nSPS) is 31.1. The number of hydrogen-bond acceptors (Lipinski definition) is 4. The largest absolute Gasteiger partial charge is 0.377 e. The summed E-state index contributed by atoms with van der Waals surface area (Å²) in [7, 11) is 5.49. The molecule has 0 aromatic heterocycles. The van der Waals surface area contributed by atoms with E-state index < -0.39 is 0 Å². The summed E-state index contributed by atoms with van der Waals surface area (Å²) in [6, 6.07) is 0.865. The topological polar surface area (TPSA) is 69.2 Å². The van der Waals surface area contributed by atoms with Crippen LogP contribution < -0.4 is 10.6 Å². The number of amides is 1. The zero-order chi connectivity index (χ0) is 19.6. The second-order valence-electron chi connectivity index (χ2n) is 9.06. The summed E-state index contributed by atoms with van der Waals surface area (Å²) in [6.45, 7) is 8.38. The molecule has 0 aromatic carbocycles. The summed E-state index contributed by atoms with van der Waals surface area (Å²) < 4.78 is 5.90. The Morgan fingerprint density at radius 1 is 1.22 bits per heavy atom. The van der Waals surface area contributed by atoms with Crippen LogP contribution in [0, 0.1) is 11.3 Å². The van der Waals surface area contributed by atoms with Crippen molar-refractivity contribution >= 4 is 11.9 Å². The molecule has 3 unspecified atom stereocenters. The number of nitrogens with zero attached hydrogens (tertiary/aromatic N) is 3. The number of likely N-dealkylation sites (tertiary alicyclic amines) is 1. The van der Waals surface area contributed by atoms with E-state index in [2.05, 4.69) is 34.4 Å². The first kappa shape index (κ1) is 20.4. The molecular weight excluding hydrogens is 342 g/mol. The fraction of sp³-hybridized carbons (Fsp3) is 0.900. The summed E-state index contributed by atoms with van der Waals surface area (Å²) >= 11 is 0. The molecule has 0 radical (unpaired) electrons. The minimum absolute atomic E-state index is 0.154. The van der Waals surface area contributed by atoms with Crippen molar-refractivity contribution in [2.45, 2.75) is 57.7 Å². The number of rotatable bonds is 5. The molecule has 3 rings (SSSR count). The molecule has 2 N–H and O–H groups in total. The van der Waals surface area contributed by atoms with Gasteiger partial charge in [0.1, 0.15) is 0 Å². The van der Waals surface area contributed by atoms with E-state index in [1.807, 2.05) is 21.1 Å². The van der Waals surface area contributed by atoms with Crippen molar-refractivity contribution in [2.75, 3.05) is 47.4 Å². The SMILES string of the molecule is CN=C(NC1CCN(CCC(=O)N(C)C)CC1)NC1C2CCOC2C1(C)C. The van der Waals surface area contributed by atoms with Crippen molar-refractivity contribution in [3.63, 3.8) is 0 Å². The van der Waals surface area contributed by atoms with Gasteiger partial charge in [-0.15, -0.1) is 0 Å². The van der Waals surface area contributed by atoms with Crippen LogP contribution in [0.25, 0.3) is 0 Å². The highest BCUT2D eigenvalue weighted by molar-refractivity contribution is 5.80. The zero-order valence-corrected chi connectivity index (χ0v) is 17.6. The molecule has 0 spiro atoms. The Labute approximate surface area is 163 Å². The summed E-state index contributed by atoms with van der Waals surface area (Å²) in [5.41, 5.74) is 0.154. The molecule has 154 valence electrons. The second kappa shape index (κ2) is 8.35. The number of ether oxygens (including phenoxy) is 1. The van der Waals surface area contributed by atoms with Gasteiger partial charge in [-0.1, -0.05) is 13.8 Å². The standard InChI is InChI=1S/C20H37N5O2/c1-20(2)17(15-9-13-27-18(15)20)23-19(21-3)22-14-6-10-25(11-7-14)12-8-16(26)24(4)5/h14-15,17-18H,6-13H2,1-5H3,(H2,21,22,23). The number of carbonyl (C=O) groups excluding carboxylic acids is 1. The number of aliphatic imine (C=N–C) groups is 1. The fourth-order valence-corrected chi connectivity index (χ4v) is 4.91. The van der Waals surface area contributed by atoms with Gasteiger partial charge in [0.05, 0.1) is 6.10 Å². The van der Waals surface area contributed by atoms with E-state index >= 15 is 0 Å². The lowest BCUT2D eigenvalue weighted by Gasteiger charge is -2.55. The maximum atomic E-state index is 11.8. The van der Waals surface area contributed by atoms with E-state index in [-0.39, 0.29) is 11.3 Å². The molecule has 3 atom stereocenters. The highest BCUT2D eigenvalue weighted by atomic mass is 16.5.